The zero-order valence-corrected chi connectivity index (χ0v) is 13.9. The molecule has 0 aliphatic rings. The number of hydrogen-bond acceptors (Lipinski definition) is 3. The average Bonchev–Trinajstić information content (AvgIpc) is 2.55. The Morgan fingerprint density at radius 3 is 2.29 bits per heavy atom. The van der Waals surface area contributed by atoms with Gasteiger partial charge in [-0.15, -0.1) is 0 Å². The predicted octanol–water partition coefficient (Wildman–Crippen LogP) is 5.42. The van der Waals surface area contributed by atoms with Crippen LogP contribution in [0.3, 0.4) is 0 Å². The molecule has 6 heteroatoms. The molecule has 0 amide bonds. The molecule has 0 aliphatic heterocycles. The number of rotatable bonds is 5. The van der Waals surface area contributed by atoms with Crippen molar-refractivity contribution in [3.05, 3.63) is 70.6 Å². The first-order valence-corrected chi connectivity index (χ1v) is 7.83. The van der Waals surface area contributed by atoms with Crippen molar-refractivity contribution in [3.63, 3.8) is 0 Å². The van der Waals surface area contributed by atoms with E-state index in [1.165, 1.54) is 19.2 Å². The van der Waals surface area contributed by atoms with Crippen molar-refractivity contribution in [3.8, 4) is 5.75 Å². The molecule has 2 rings (SSSR count). The van der Waals surface area contributed by atoms with E-state index in [4.69, 9.17) is 4.74 Å². The number of carbonyl (C=O) groups excluding carboxylic acids is 1. The van der Waals surface area contributed by atoms with Crippen molar-refractivity contribution in [1.82, 2.24) is 0 Å². The van der Waals surface area contributed by atoms with Crippen molar-refractivity contribution < 1.29 is 22.7 Å². The minimum Gasteiger partial charge on any atom is -0.496 e. The van der Waals surface area contributed by atoms with Gasteiger partial charge in [-0.3, -0.25) is 4.79 Å². The summed E-state index contributed by atoms with van der Waals surface area (Å²) < 4.78 is 44.8. The Kier molecular flexibility index (Phi) is 5.72. The van der Waals surface area contributed by atoms with Gasteiger partial charge in [-0.25, -0.2) is 0 Å². The van der Waals surface area contributed by atoms with Crippen molar-refractivity contribution >= 4 is 17.5 Å². The molecule has 0 fully saturated rings. The first-order valence-electron chi connectivity index (χ1n) is 7.02. The molecular formula is C18H15F3O2S. The van der Waals surface area contributed by atoms with E-state index in [2.05, 4.69) is 0 Å². The first kappa shape index (κ1) is 18.1. The van der Waals surface area contributed by atoms with Crippen LogP contribution in [0.15, 0.2) is 64.4 Å². The minimum atomic E-state index is -4.62. The molecule has 126 valence electrons. The van der Waals surface area contributed by atoms with Gasteiger partial charge in [-0.05, 0) is 31.2 Å². The van der Waals surface area contributed by atoms with Gasteiger partial charge in [0.25, 0.3) is 0 Å². The Bertz CT molecular complexity index is 750. The molecule has 0 atom stereocenters. The summed E-state index contributed by atoms with van der Waals surface area (Å²) in [7, 11) is 1.36. The molecule has 0 heterocycles. The smallest absolute Gasteiger partial charge is 0.422 e. The number of thioether (sulfide) groups is 1. The summed E-state index contributed by atoms with van der Waals surface area (Å²) in [6, 6.07) is 12.8. The molecule has 0 bridgehead atoms. The summed E-state index contributed by atoms with van der Waals surface area (Å²) >= 11 is 0.515. The fourth-order valence-corrected chi connectivity index (χ4v) is 2.76. The number of carbonyl (C=O) groups is 1. The second kappa shape index (κ2) is 7.57. The molecule has 0 saturated heterocycles. The highest BCUT2D eigenvalue weighted by Gasteiger charge is 2.35. The molecule has 2 aromatic carbocycles. The van der Waals surface area contributed by atoms with E-state index in [0.717, 1.165) is 5.56 Å². The topological polar surface area (TPSA) is 26.3 Å². The van der Waals surface area contributed by atoms with E-state index >= 15 is 0 Å². The van der Waals surface area contributed by atoms with Crippen LogP contribution >= 0.6 is 11.8 Å². The van der Waals surface area contributed by atoms with Crippen LogP contribution in [0.4, 0.5) is 13.2 Å². The number of alkyl halides is 3. The number of allylic oxidation sites excluding steroid dienone is 2. The molecule has 2 aromatic rings. The van der Waals surface area contributed by atoms with E-state index in [1.807, 2.05) is 6.92 Å². The maximum Gasteiger partial charge on any atom is 0.422 e. The average molecular weight is 352 g/mol. The Morgan fingerprint density at radius 1 is 1.08 bits per heavy atom. The van der Waals surface area contributed by atoms with Crippen molar-refractivity contribution in [1.29, 1.82) is 0 Å². The fraction of sp³-hybridized carbons (Fsp3) is 0.167. The largest absolute Gasteiger partial charge is 0.496 e. The van der Waals surface area contributed by atoms with E-state index in [0.29, 0.717) is 22.7 Å². The third kappa shape index (κ3) is 4.64. The highest BCUT2D eigenvalue weighted by molar-refractivity contribution is 8.03. The van der Waals surface area contributed by atoms with E-state index in [-0.39, 0.29) is 11.3 Å². The van der Waals surface area contributed by atoms with E-state index < -0.39 is 16.9 Å². The summed E-state index contributed by atoms with van der Waals surface area (Å²) in [6.07, 6.45) is -4.00. The minimum absolute atomic E-state index is 0.0891. The summed E-state index contributed by atoms with van der Waals surface area (Å²) in [6.45, 7) is 1.85. The van der Waals surface area contributed by atoms with Crippen LogP contribution in [0.2, 0.25) is 0 Å². The van der Waals surface area contributed by atoms with Crippen LogP contribution in [0.25, 0.3) is 0 Å². The van der Waals surface area contributed by atoms with Gasteiger partial charge in [0.15, 0.2) is 5.78 Å². The number of halogens is 3. The summed E-state index contributed by atoms with van der Waals surface area (Å²) in [5, 5.41) is 0. The fourth-order valence-electron chi connectivity index (χ4n) is 1.95. The Hall–Kier alpha value is -2.21. The molecule has 2 nitrogen and oxygen atoms in total. The molecule has 0 saturated carbocycles. The Morgan fingerprint density at radius 2 is 1.71 bits per heavy atom. The first-order chi connectivity index (χ1) is 11.3. The van der Waals surface area contributed by atoms with Crippen LogP contribution < -0.4 is 4.74 Å². The van der Waals surface area contributed by atoms with Gasteiger partial charge in [-0.2, -0.15) is 13.2 Å². The van der Waals surface area contributed by atoms with Gasteiger partial charge in [0.1, 0.15) is 5.75 Å². The van der Waals surface area contributed by atoms with Crippen LogP contribution in [-0.2, 0) is 0 Å². The number of methoxy groups -OCH3 is 1. The van der Waals surface area contributed by atoms with Crippen LogP contribution in [0.1, 0.15) is 15.9 Å². The third-order valence-corrected chi connectivity index (χ3v) is 4.24. The summed E-state index contributed by atoms with van der Waals surface area (Å²) in [5.74, 6) is -0.514. The number of ether oxygens (including phenoxy) is 1. The van der Waals surface area contributed by atoms with Gasteiger partial charge < -0.3 is 4.74 Å². The van der Waals surface area contributed by atoms with Gasteiger partial charge in [0.2, 0.25) is 0 Å². The van der Waals surface area contributed by atoms with Crippen LogP contribution in [0, 0.1) is 6.92 Å². The van der Waals surface area contributed by atoms with Gasteiger partial charge >= 0.3 is 6.18 Å². The lowest BCUT2D eigenvalue weighted by Gasteiger charge is -2.12. The maximum atomic E-state index is 13.3. The second-order valence-electron chi connectivity index (χ2n) is 4.99. The molecular weight excluding hydrogens is 337 g/mol. The zero-order chi connectivity index (χ0) is 17.7. The number of benzene rings is 2. The van der Waals surface area contributed by atoms with Crippen LogP contribution in [-0.4, -0.2) is 19.1 Å². The molecule has 0 unspecified atom stereocenters. The molecule has 24 heavy (non-hydrogen) atoms. The van der Waals surface area contributed by atoms with Crippen molar-refractivity contribution in [2.24, 2.45) is 0 Å². The number of hydrogen-bond donors (Lipinski definition) is 0. The number of para-hydroxylation sites is 1. The standard InChI is InChI=1S/C18H15F3O2S/c1-12-7-9-13(10-8-12)24-17(18(19,20)21)11-15(22)14-5-3-4-6-16(14)23-2/h3-11H,1-2H3/b17-11-. The molecule has 0 aromatic heterocycles. The zero-order valence-electron chi connectivity index (χ0n) is 13.1. The second-order valence-corrected chi connectivity index (χ2v) is 6.10. The predicted molar refractivity (Wildman–Crippen MR) is 88.5 cm³/mol. The SMILES string of the molecule is COc1ccccc1C(=O)/C=C(\Sc1ccc(C)cc1)C(F)(F)F. The molecule has 0 aliphatic carbocycles. The van der Waals surface area contributed by atoms with E-state index in [9.17, 15) is 18.0 Å². The Labute approximate surface area is 142 Å². The van der Waals surface area contributed by atoms with E-state index in [1.54, 1.807) is 36.4 Å². The van der Waals surface area contributed by atoms with Gasteiger partial charge in [0, 0.05) is 11.0 Å². The molecule has 0 spiro atoms. The van der Waals surface area contributed by atoms with Crippen LogP contribution in [0.5, 0.6) is 5.75 Å². The molecule has 0 radical (unpaired) electrons. The number of aryl methyl sites for hydroxylation is 1. The van der Waals surface area contributed by atoms with Gasteiger partial charge in [-0.1, -0.05) is 41.6 Å². The third-order valence-electron chi connectivity index (χ3n) is 3.16. The number of ketones is 1. The van der Waals surface area contributed by atoms with Crippen molar-refractivity contribution in [2.45, 2.75) is 18.0 Å². The monoisotopic (exact) mass is 352 g/mol. The highest BCUT2D eigenvalue weighted by atomic mass is 32.2. The lowest BCUT2D eigenvalue weighted by atomic mass is 10.1. The van der Waals surface area contributed by atoms with Crippen molar-refractivity contribution in [2.75, 3.05) is 7.11 Å². The quantitative estimate of drug-likeness (QED) is 0.408. The lowest BCUT2D eigenvalue weighted by Crippen LogP contribution is -2.11. The normalized spacial score (nSPS) is 12.1. The summed E-state index contributed by atoms with van der Waals surface area (Å²) in [5.41, 5.74) is 1.04. The summed E-state index contributed by atoms with van der Waals surface area (Å²) in [4.78, 5) is 11.7. The lowest BCUT2D eigenvalue weighted by molar-refractivity contribution is -0.0837. The maximum absolute atomic E-state index is 13.3. The highest BCUT2D eigenvalue weighted by Crippen LogP contribution is 2.39. The molecule has 0 N–H and O–H groups in total. The van der Waals surface area contributed by atoms with Gasteiger partial charge in [0.05, 0.1) is 17.6 Å². The Balaban J connectivity index is 2.35.